The van der Waals surface area contributed by atoms with Crippen molar-refractivity contribution >= 4 is 5.97 Å². The minimum absolute atomic E-state index is 0.0558. The Morgan fingerprint density at radius 2 is 2.36 bits per heavy atom. The number of esters is 1. The number of quaternary nitrogens is 1. The van der Waals surface area contributed by atoms with Crippen molar-refractivity contribution in [2.45, 2.75) is 6.42 Å². The summed E-state index contributed by atoms with van der Waals surface area (Å²) in [7, 11) is 3.07. The van der Waals surface area contributed by atoms with E-state index in [-0.39, 0.29) is 16.5 Å². The number of hydrogen-bond donors (Lipinski definition) is 1. The van der Waals surface area contributed by atoms with Crippen molar-refractivity contribution in [2.75, 3.05) is 27.2 Å². The van der Waals surface area contributed by atoms with Gasteiger partial charge in [-0.15, -0.1) is 0 Å². The second kappa shape index (κ2) is 2.79. The predicted molar refractivity (Wildman–Crippen MR) is 37.8 cm³/mol. The van der Waals surface area contributed by atoms with E-state index in [1.807, 2.05) is 0 Å². The molecule has 0 aliphatic carbocycles. The van der Waals surface area contributed by atoms with Gasteiger partial charge in [-0.25, -0.2) is 5.21 Å². The third-order valence-electron chi connectivity index (χ3n) is 2.11. The highest BCUT2D eigenvalue weighted by Gasteiger charge is 2.38. The summed E-state index contributed by atoms with van der Waals surface area (Å²) < 4.78 is 4.51. The van der Waals surface area contributed by atoms with Crippen LogP contribution in [-0.4, -0.2) is 43.1 Å². The van der Waals surface area contributed by atoms with Crippen molar-refractivity contribution < 1.29 is 19.4 Å². The maximum atomic E-state index is 11.0. The Hall–Kier alpha value is -0.610. The topological polar surface area (TPSA) is 46.5 Å². The molecule has 1 saturated heterocycles. The molecular formula is C7H14NO3+. The van der Waals surface area contributed by atoms with E-state index >= 15 is 0 Å². The van der Waals surface area contributed by atoms with Gasteiger partial charge in [-0.3, -0.25) is 4.79 Å². The van der Waals surface area contributed by atoms with Crippen LogP contribution < -0.4 is 0 Å². The van der Waals surface area contributed by atoms with E-state index in [0.717, 1.165) is 6.42 Å². The molecule has 0 aromatic heterocycles. The van der Waals surface area contributed by atoms with Crippen LogP contribution in [0.25, 0.3) is 0 Å². The number of hydroxylamine groups is 3. The second-order valence-electron chi connectivity index (χ2n) is 3.25. The number of methoxy groups -OCH3 is 1. The van der Waals surface area contributed by atoms with Crippen LogP contribution in [0, 0.1) is 5.92 Å². The standard InChI is InChI=1S/C7H14NO3/c1-8(10)4-3-6(5-8)7(9)11-2/h6,10H,3-5H2,1-2H3/q+1. The van der Waals surface area contributed by atoms with E-state index in [4.69, 9.17) is 0 Å². The third kappa shape index (κ3) is 1.91. The summed E-state index contributed by atoms with van der Waals surface area (Å²) >= 11 is 0. The molecule has 1 rings (SSSR count). The highest BCUT2D eigenvalue weighted by atomic mass is 16.5. The summed E-state index contributed by atoms with van der Waals surface area (Å²) in [6, 6.07) is 0. The van der Waals surface area contributed by atoms with E-state index in [1.165, 1.54) is 7.11 Å². The molecular weight excluding hydrogens is 146 g/mol. The van der Waals surface area contributed by atoms with Crippen LogP contribution in [0.15, 0.2) is 0 Å². The first-order valence-electron chi connectivity index (χ1n) is 3.70. The molecule has 0 spiro atoms. The summed E-state index contributed by atoms with van der Waals surface area (Å²) in [6.45, 7) is 1.12. The first-order valence-corrected chi connectivity index (χ1v) is 3.70. The predicted octanol–water partition coefficient (Wildman–Crippen LogP) is 0.0151. The largest absolute Gasteiger partial charge is 0.469 e. The van der Waals surface area contributed by atoms with Crippen LogP contribution in [0.5, 0.6) is 0 Å². The van der Waals surface area contributed by atoms with E-state index in [9.17, 15) is 10.0 Å². The molecule has 0 saturated carbocycles. The van der Waals surface area contributed by atoms with Crippen molar-refractivity contribution in [1.82, 2.24) is 0 Å². The van der Waals surface area contributed by atoms with E-state index in [2.05, 4.69) is 4.74 Å². The fourth-order valence-electron chi connectivity index (χ4n) is 1.45. The quantitative estimate of drug-likeness (QED) is 0.434. The molecule has 0 bridgehead atoms. The molecule has 11 heavy (non-hydrogen) atoms. The molecule has 1 aliphatic rings. The summed E-state index contributed by atoms with van der Waals surface area (Å²) in [4.78, 5) is 11.0. The number of likely N-dealkylation sites (tertiary alicyclic amines) is 1. The maximum Gasteiger partial charge on any atom is 0.314 e. The number of nitrogens with zero attached hydrogens (tertiary/aromatic N) is 1. The lowest BCUT2D eigenvalue weighted by Crippen LogP contribution is -2.38. The number of rotatable bonds is 1. The average molecular weight is 160 g/mol. The summed E-state index contributed by atoms with van der Waals surface area (Å²) in [6.07, 6.45) is 0.722. The van der Waals surface area contributed by atoms with Gasteiger partial charge in [0.2, 0.25) is 0 Å². The number of carbonyl (C=O) groups is 1. The minimum atomic E-state index is -0.207. The lowest BCUT2D eigenvalue weighted by Gasteiger charge is -2.17. The molecule has 0 amide bonds. The number of hydrogen-bond acceptors (Lipinski definition) is 3. The van der Waals surface area contributed by atoms with Crippen LogP contribution in [0.3, 0.4) is 0 Å². The van der Waals surface area contributed by atoms with Crippen molar-refractivity contribution in [3.63, 3.8) is 0 Å². The summed E-state index contributed by atoms with van der Waals surface area (Å²) in [5.74, 6) is -0.323. The van der Waals surface area contributed by atoms with Crippen molar-refractivity contribution in [1.29, 1.82) is 0 Å². The molecule has 4 nitrogen and oxygen atoms in total. The molecule has 1 fully saturated rings. The fourth-order valence-corrected chi connectivity index (χ4v) is 1.45. The zero-order valence-electron chi connectivity index (χ0n) is 6.91. The molecule has 2 atom stereocenters. The Balaban J connectivity index is 2.48. The van der Waals surface area contributed by atoms with Gasteiger partial charge in [-0.05, 0) is 0 Å². The van der Waals surface area contributed by atoms with E-state index in [1.54, 1.807) is 7.05 Å². The second-order valence-corrected chi connectivity index (χ2v) is 3.25. The average Bonchev–Trinajstić information content (AvgIpc) is 2.29. The first kappa shape index (κ1) is 8.49. The van der Waals surface area contributed by atoms with Gasteiger partial charge in [0.1, 0.15) is 19.0 Å². The lowest BCUT2D eigenvalue weighted by molar-refractivity contribution is -1.08. The van der Waals surface area contributed by atoms with Gasteiger partial charge in [-0.1, -0.05) is 0 Å². The van der Waals surface area contributed by atoms with Crippen LogP contribution >= 0.6 is 0 Å². The molecule has 1 heterocycles. The Morgan fingerprint density at radius 1 is 1.73 bits per heavy atom. The monoisotopic (exact) mass is 160 g/mol. The zero-order valence-corrected chi connectivity index (χ0v) is 6.91. The van der Waals surface area contributed by atoms with Gasteiger partial charge < -0.3 is 4.74 Å². The number of carbonyl (C=O) groups excluding carboxylic acids is 1. The normalized spacial score (nSPS) is 37.2. The van der Waals surface area contributed by atoms with Gasteiger partial charge >= 0.3 is 5.97 Å². The van der Waals surface area contributed by atoms with Crippen LogP contribution in [0.2, 0.25) is 0 Å². The van der Waals surface area contributed by atoms with Gasteiger partial charge in [0.05, 0.1) is 14.2 Å². The third-order valence-corrected chi connectivity index (χ3v) is 2.11. The molecule has 4 heteroatoms. The van der Waals surface area contributed by atoms with Crippen LogP contribution in [-0.2, 0) is 9.53 Å². The van der Waals surface area contributed by atoms with Crippen molar-refractivity contribution in [3.8, 4) is 0 Å². The minimum Gasteiger partial charge on any atom is -0.469 e. The lowest BCUT2D eigenvalue weighted by atomic mass is 10.1. The highest BCUT2D eigenvalue weighted by molar-refractivity contribution is 5.72. The van der Waals surface area contributed by atoms with Crippen molar-refractivity contribution in [3.05, 3.63) is 0 Å². The van der Waals surface area contributed by atoms with Gasteiger partial charge in [0.15, 0.2) is 0 Å². The Labute approximate surface area is 65.9 Å². The molecule has 0 radical (unpaired) electrons. The molecule has 2 unspecified atom stereocenters. The van der Waals surface area contributed by atoms with Crippen LogP contribution in [0.1, 0.15) is 6.42 Å². The summed E-state index contributed by atoms with van der Waals surface area (Å²) in [5, 5.41) is 9.44. The van der Waals surface area contributed by atoms with Crippen molar-refractivity contribution in [2.24, 2.45) is 5.92 Å². The van der Waals surface area contributed by atoms with E-state index < -0.39 is 0 Å². The Bertz CT molecular complexity index is 167. The Kier molecular flexibility index (Phi) is 2.15. The highest BCUT2D eigenvalue weighted by Crippen LogP contribution is 2.20. The molecule has 1 N–H and O–H groups in total. The fraction of sp³-hybridized carbons (Fsp3) is 0.857. The van der Waals surface area contributed by atoms with Gasteiger partial charge in [0, 0.05) is 6.42 Å². The zero-order chi connectivity index (χ0) is 8.48. The van der Waals surface area contributed by atoms with Gasteiger partial charge in [0.25, 0.3) is 0 Å². The first-order chi connectivity index (χ1) is 5.05. The molecule has 64 valence electrons. The maximum absolute atomic E-state index is 11.0. The van der Waals surface area contributed by atoms with Crippen LogP contribution in [0.4, 0.5) is 0 Å². The molecule has 1 aliphatic heterocycles. The number of ether oxygens (including phenoxy) is 1. The Morgan fingerprint density at radius 3 is 2.73 bits per heavy atom. The molecule has 0 aromatic carbocycles. The SMILES string of the molecule is COC(=O)C1CC[N+](C)(O)C1. The van der Waals surface area contributed by atoms with Gasteiger partial charge in [-0.2, -0.15) is 4.65 Å². The summed E-state index contributed by atoms with van der Waals surface area (Å²) in [5.41, 5.74) is 0. The molecule has 0 aromatic rings. The smallest absolute Gasteiger partial charge is 0.314 e. The van der Waals surface area contributed by atoms with E-state index in [0.29, 0.717) is 13.1 Å².